The molecule has 0 aromatic heterocycles. The van der Waals surface area contributed by atoms with Gasteiger partial charge in [0.05, 0.1) is 0 Å². The van der Waals surface area contributed by atoms with E-state index < -0.39 is 17.8 Å². The minimum Gasteiger partial charge on any atom is -0.352 e. The van der Waals surface area contributed by atoms with Gasteiger partial charge in [0, 0.05) is 12.6 Å². The molecule has 5 amide bonds. The average Bonchev–Trinajstić information content (AvgIpc) is 2.77. The molecule has 0 spiro atoms. The van der Waals surface area contributed by atoms with E-state index >= 15 is 0 Å². The van der Waals surface area contributed by atoms with Gasteiger partial charge in [-0.2, -0.15) is 0 Å². The van der Waals surface area contributed by atoms with Gasteiger partial charge in [-0.3, -0.25) is 19.3 Å². The average molecular weight is 361 g/mol. The van der Waals surface area contributed by atoms with Crippen LogP contribution in [0.25, 0.3) is 0 Å². The van der Waals surface area contributed by atoms with Crippen LogP contribution in [-0.2, 0) is 14.4 Å². The Hall–Kier alpha value is -1.92. The van der Waals surface area contributed by atoms with Crippen LogP contribution in [0.1, 0.15) is 52.4 Å². The van der Waals surface area contributed by atoms with Gasteiger partial charge in [0.1, 0.15) is 6.54 Å². The largest absolute Gasteiger partial charge is 0.352 e. The van der Waals surface area contributed by atoms with Crippen LogP contribution < -0.4 is 5.32 Å². The predicted molar refractivity (Wildman–Crippen MR) is 92.7 cm³/mol. The molecule has 26 heavy (non-hydrogen) atoms. The summed E-state index contributed by atoms with van der Waals surface area (Å²) in [6.07, 6.45) is 7.53. The van der Waals surface area contributed by atoms with Crippen molar-refractivity contribution in [3.63, 3.8) is 0 Å². The number of imide groups is 2. The number of rotatable bonds is 5. The van der Waals surface area contributed by atoms with E-state index in [2.05, 4.69) is 12.2 Å². The first-order chi connectivity index (χ1) is 12.3. The summed E-state index contributed by atoms with van der Waals surface area (Å²) in [7, 11) is 0. The highest BCUT2D eigenvalue weighted by Crippen LogP contribution is 2.61. The maximum Gasteiger partial charge on any atom is 0.334 e. The zero-order chi connectivity index (χ0) is 18.6. The van der Waals surface area contributed by atoms with E-state index in [0.29, 0.717) is 0 Å². The Morgan fingerprint density at radius 3 is 2.00 bits per heavy atom. The molecular formula is C19H27N3O4. The zero-order valence-corrected chi connectivity index (χ0v) is 15.5. The molecule has 1 N–H and O–H groups in total. The first-order valence-corrected chi connectivity index (χ1v) is 9.79. The summed E-state index contributed by atoms with van der Waals surface area (Å²) in [6, 6.07) is -0.672. The molecule has 4 saturated carbocycles. The molecule has 142 valence electrons. The minimum atomic E-state index is -0.908. The Kier molecular flexibility index (Phi) is 4.08. The molecule has 1 saturated heterocycles. The van der Waals surface area contributed by atoms with Crippen LogP contribution >= 0.6 is 0 Å². The van der Waals surface area contributed by atoms with E-state index in [1.54, 1.807) is 6.92 Å². The Morgan fingerprint density at radius 2 is 1.54 bits per heavy atom. The molecule has 7 heteroatoms. The maximum absolute atomic E-state index is 12.5. The van der Waals surface area contributed by atoms with Crippen molar-refractivity contribution in [3.8, 4) is 0 Å². The van der Waals surface area contributed by atoms with Crippen molar-refractivity contribution in [1.29, 1.82) is 0 Å². The van der Waals surface area contributed by atoms with E-state index in [9.17, 15) is 19.2 Å². The number of amides is 5. The highest BCUT2D eigenvalue weighted by molar-refractivity contribution is 6.45. The van der Waals surface area contributed by atoms with Crippen molar-refractivity contribution in [2.75, 3.05) is 13.1 Å². The van der Waals surface area contributed by atoms with Gasteiger partial charge in [0.25, 0.3) is 0 Å². The number of hydrogen-bond acceptors (Lipinski definition) is 4. The fraction of sp³-hybridized carbons (Fsp3) is 0.789. The number of nitrogens with zero attached hydrogens (tertiary/aromatic N) is 2. The van der Waals surface area contributed by atoms with Crippen LogP contribution in [0.15, 0.2) is 0 Å². The fourth-order valence-electron chi connectivity index (χ4n) is 6.26. The van der Waals surface area contributed by atoms with Gasteiger partial charge in [-0.15, -0.1) is 0 Å². The van der Waals surface area contributed by atoms with Gasteiger partial charge in [0.2, 0.25) is 5.91 Å². The SMILES string of the molecule is CCN1C(=O)C(=O)N(CC(=O)N[C@H](C)C23CC4CC(CC(C4)C2)C3)C1=O. The smallest absolute Gasteiger partial charge is 0.334 e. The third-order valence-corrected chi connectivity index (χ3v) is 7.13. The first kappa shape index (κ1) is 17.5. The van der Waals surface area contributed by atoms with Crippen LogP contribution in [0.2, 0.25) is 0 Å². The van der Waals surface area contributed by atoms with Crippen LogP contribution in [0.3, 0.4) is 0 Å². The van der Waals surface area contributed by atoms with Crippen LogP contribution in [-0.4, -0.2) is 52.7 Å². The summed E-state index contributed by atoms with van der Waals surface area (Å²) >= 11 is 0. The molecule has 0 aromatic carbocycles. The highest BCUT2D eigenvalue weighted by Gasteiger charge is 2.53. The summed E-state index contributed by atoms with van der Waals surface area (Å²) in [4.78, 5) is 50.0. The standard InChI is InChI=1S/C19H27N3O4/c1-3-21-16(24)17(25)22(18(21)26)10-15(23)20-11(2)19-7-12-4-13(8-19)6-14(5-12)9-19/h11-14H,3-10H2,1-2H3,(H,20,23)/t11-,12?,13?,14?,19?/m1/s1. The predicted octanol–water partition coefficient (Wildman–Crippen LogP) is 1.52. The molecule has 4 bridgehead atoms. The molecule has 0 aromatic rings. The number of carbonyl (C=O) groups is 4. The first-order valence-electron chi connectivity index (χ1n) is 9.79. The quantitative estimate of drug-likeness (QED) is 0.594. The summed E-state index contributed by atoms with van der Waals surface area (Å²) in [5.74, 6) is 0.254. The number of nitrogens with one attached hydrogen (secondary N) is 1. The molecule has 0 unspecified atom stereocenters. The molecule has 1 heterocycles. The minimum absolute atomic E-state index is 0.0224. The Balaban J connectivity index is 1.40. The topological polar surface area (TPSA) is 86.8 Å². The lowest BCUT2D eigenvalue weighted by Gasteiger charge is -2.59. The summed E-state index contributed by atoms with van der Waals surface area (Å²) in [5, 5.41) is 3.04. The Morgan fingerprint density at radius 1 is 1.04 bits per heavy atom. The van der Waals surface area contributed by atoms with Crippen LogP contribution in [0.5, 0.6) is 0 Å². The lowest BCUT2D eigenvalue weighted by molar-refractivity contribution is -0.144. The summed E-state index contributed by atoms with van der Waals surface area (Å²) < 4.78 is 0. The highest BCUT2D eigenvalue weighted by atomic mass is 16.2. The van der Waals surface area contributed by atoms with E-state index in [1.807, 2.05) is 0 Å². The van der Waals surface area contributed by atoms with Crippen molar-refractivity contribution in [3.05, 3.63) is 0 Å². The maximum atomic E-state index is 12.5. The number of likely N-dealkylation sites (N-methyl/N-ethyl adjacent to an activating group) is 1. The number of hydrogen-bond donors (Lipinski definition) is 1. The van der Waals surface area contributed by atoms with Crippen LogP contribution in [0, 0.1) is 23.2 Å². The molecule has 5 rings (SSSR count). The van der Waals surface area contributed by atoms with Gasteiger partial charge in [-0.25, -0.2) is 9.69 Å². The van der Waals surface area contributed by atoms with E-state index in [-0.39, 0.29) is 30.5 Å². The van der Waals surface area contributed by atoms with Gasteiger partial charge >= 0.3 is 17.8 Å². The van der Waals surface area contributed by atoms with Crippen molar-refractivity contribution in [2.24, 2.45) is 23.2 Å². The van der Waals surface area contributed by atoms with E-state index in [1.165, 1.54) is 38.5 Å². The molecule has 0 radical (unpaired) electrons. The van der Waals surface area contributed by atoms with Gasteiger partial charge in [-0.1, -0.05) is 0 Å². The van der Waals surface area contributed by atoms with Crippen LogP contribution in [0.4, 0.5) is 4.79 Å². The summed E-state index contributed by atoms with van der Waals surface area (Å²) in [6.45, 7) is 3.44. The second-order valence-electron chi connectivity index (χ2n) is 8.79. The van der Waals surface area contributed by atoms with Crippen molar-refractivity contribution in [1.82, 2.24) is 15.1 Å². The molecular weight excluding hydrogens is 334 g/mol. The normalized spacial score (nSPS) is 36.8. The third-order valence-electron chi connectivity index (χ3n) is 7.13. The third kappa shape index (κ3) is 2.63. The van der Waals surface area contributed by atoms with Gasteiger partial charge < -0.3 is 5.32 Å². The molecule has 7 nitrogen and oxygen atoms in total. The lowest BCUT2D eigenvalue weighted by Crippen LogP contribution is -2.57. The second-order valence-corrected chi connectivity index (χ2v) is 8.79. The van der Waals surface area contributed by atoms with Gasteiger partial charge in [0.15, 0.2) is 0 Å². The zero-order valence-electron chi connectivity index (χ0n) is 15.5. The molecule has 4 aliphatic carbocycles. The number of urea groups is 1. The Bertz CT molecular complexity index is 638. The number of carbonyl (C=O) groups excluding carboxylic acids is 4. The monoisotopic (exact) mass is 361 g/mol. The second kappa shape index (κ2) is 6.06. The van der Waals surface area contributed by atoms with Crippen molar-refractivity contribution >= 4 is 23.8 Å². The van der Waals surface area contributed by atoms with Crippen molar-refractivity contribution in [2.45, 2.75) is 58.4 Å². The molecule has 5 aliphatic rings. The van der Waals surface area contributed by atoms with Crippen molar-refractivity contribution < 1.29 is 19.2 Å². The van der Waals surface area contributed by atoms with Gasteiger partial charge in [-0.05, 0) is 75.5 Å². The van der Waals surface area contributed by atoms with E-state index in [0.717, 1.165) is 27.6 Å². The summed E-state index contributed by atoms with van der Waals surface area (Å²) in [5.41, 5.74) is 0.161. The van der Waals surface area contributed by atoms with E-state index in [4.69, 9.17) is 0 Å². The molecule has 5 fully saturated rings. The fourth-order valence-corrected chi connectivity index (χ4v) is 6.26. The molecule has 1 aliphatic heterocycles. The Labute approximate surface area is 153 Å². The molecule has 1 atom stereocenters. The lowest BCUT2D eigenvalue weighted by atomic mass is 9.48.